The second kappa shape index (κ2) is 4.60. The molecule has 1 fully saturated rings. The fourth-order valence-electron chi connectivity index (χ4n) is 2.13. The summed E-state index contributed by atoms with van der Waals surface area (Å²) in [6, 6.07) is 0. The Morgan fingerprint density at radius 2 is 2.29 bits per heavy atom. The fraction of sp³-hybridized carbons (Fsp3) is 0.727. The highest BCUT2D eigenvalue weighted by molar-refractivity contribution is 5.06. The number of nitrogens with one attached hydrogen (secondary N) is 2. The second-order valence-corrected chi connectivity index (χ2v) is 4.06. The molecule has 14 heavy (non-hydrogen) atoms. The molecule has 0 amide bonds. The molecule has 0 unspecified atom stereocenters. The number of nitrogens with zero attached hydrogens (tertiary/aromatic N) is 1. The molecule has 1 aliphatic carbocycles. The molecule has 2 rings (SSSR count). The lowest BCUT2D eigenvalue weighted by Gasteiger charge is -2.03. The Hall–Kier alpha value is -0.830. The number of rotatable bonds is 4. The van der Waals surface area contributed by atoms with E-state index in [1.807, 2.05) is 6.20 Å². The maximum atomic E-state index is 4.46. The van der Waals surface area contributed by atoms with E-state index in [1.165, 1.54) is 37.2 Å². The molecular formula is C11H19N3. The van der Waals surface area contributed by atoms with Crippen LogP contribution >= 0.6 is 0 Å². The normalized spacial score (nSPS) is 17.8. The van der Waals surface area contributed by atoms with Gasteiger partial charge in [-0.25, -0.2) is 4.98 Å². The summed E-state index contributed by atoms with van der Waals surface area (Å²) >= 11 is 0. The van der Waals surface area contributed by atoms with Crippen LogP contribution in [0, 0.1) is 0 Å². The summed E-state index contributed by atoms with van der Waals surface area (Å²) in [5.41, 5.74) is 1.22. The van der Waals surface area contributed by atoms with Gasteiger partial charge in [0.15, 0.2) is 0 Å². The first-order valence-electron chi connectivity index (χ1n) is 5.64. The largest absolute Gasteiger partial charge is 0.345 e. The Balaban J connectivity index is 1.94. The van der Waals surface area contributed by atoms with E-state index in [1.54, 1.807) is 0 Å². The van der Waals surface area contributed by atoms with Crippen LogP contribution in [0.15, 0.2) is 6.20 Å². The lowest BCUT2D eigenvalue weighted by molar-refractivity contribution is 0.667. The molecule has 1 aromatic rings. The van der Waals surface area contributed by atoms with Gasteiger partial charge in [-0.3, -0.25) is 0 Å². The van der Waals surface area contributed by atoms with Gasteiger partial charge in [0.25, 0.3) is 0 Å². The predicted molar refractivity (Wildman–Crippen MR) is 57.2 cm³/mol. The molecular weight excluding hydrogens is 174 g/mol. The van der Waals surface area contributed by atoms with Crippen LogP contribution < -0.4 is 5.32 Å². The molecule has 0 radical (unpaired) electrons. The lowest BCUT2D eigenvalue weighted by Crippen LogP contribution is -2.12. The van der Waals surface area contributed by atoms with Gasteiger partial charge in [-0.1, -0.05) is 19.8 Å². The van der Waals surface area contributed by atoms with E-state index in [0.29, 0.717) is 5.92 Å². The van der Waals surface area contributed by atoms with Crippen LogP contribution in [0.4, 0.5) is 0 Å². The lowest BCUT2D eigenvalue weighted by atomic mass is 10.1. The van der Waals surface area contributed by atoms with Crippen molar-refractivity contribution >= 4 is 0 Å². The molecule has 2 N–H and O–H groups in total. The van der Waals surface area contributed by atoms with Crippen molar-refractivity contribution in [1.29, 1.82) is 0 Å². The van der Waals surface area contributed by atoms with E-state index >= 15 is 0 Å². The Kier molecular flexibility index (Phi) is 3.19. The first-order valence-corrected chi connectivity index (χ1v) is 5.64. The molecule has 0 aliphatic heterocycles. The van der Waals surface area contributed by atoms with E-state index in [-0.39, 0.29) is 0 Å². The Bertz CT molecular complexity index is 274. The highest BCUT2D eigenvalue weighted by atomic mass is 15.0. The summed E-state index contributed by atoms with van der Waals surface area (Å²) in [6.07, 6.45) is 7.33. The quantitative estimate of drug-likeness (QED) is 0.769. The molecule has 3 nitrogen and oxygen atoms in total. The number of aromatic amines is 1. The zero-order valence-electron chi connectivity index (χ0n) is 8.84. The molecule has 3 heteroatoms. The number of hydrogen-bond acceptors (Lipinski definition) is 2. The summed E-state index contributed by atoms with van der Waals surface area (Å²) < 4.78 is 0. The van der Waals surface area contributed by atoms with Crippen molar-refractivity contribution in [2.45, 2.75) is 45.1 Å². The molecule has 0 bridgehead atoms. The van der Waals surface area contributed by atoms with Gasteiger partial charge in [-0.15, -0.1) is 0 Å². The molecule has 0 aromatic carbocycles. The summed E-state index contributed by atoms with van der Waals surface area (Å²) in [4.78, 5) is 7.87. The molecule has 1 aliphatic rings. The molecule has 0 atom stereocenters. The maximum Gasteiger partial charge on any atom is 0.109 e. The topological polar surface area (TPSA) is 40.7 Å². The fourth-order valence-corrected chi connectivity index (χ4v) is 2.13. The van der Waals surface area contributed by atoms with Gasteiger partial charge in [0.2, 0.25) is 0 Å². The summed E-state index contributed by atoms with van der Waals surface area (Å²) in [7, 11) is 0. The van der Waals surface area contributed by atoms with Gasteiger partial charge in [0.05, 0.1) is 0 Å². The number of aromatic nitrogens is 2. The van der Waals surface area contributed by atoms with Crippen molar-refractivity contribution in [1.82, 2.24) is 15.3 Å². The zero-order chi connectivity index (χ0) is 9.80. The van der Waals surface area contributed by atoms with Gasteiger partial charge in [0.1, 0.15) is 5.82 Å². The van der Waals surface area contributed by atoms with Crippen LogP contribution in [-0.2, 0) is 6.54 Å². The summed E-state index contributed by atoms with van der Waals surface area (Å²) in [5, 5.41) is 3.30. The van der Waals surface area contributed by atoms with Crippen molar-refractivity contribution in [2.24, 2.45) is 0 Å². The molecule has 1 aromatic heterocycles. The summed E-state index contributed by atoms with van der Waals surface area (Å²) in [6.45, 7) is 4.04. The van der Waals surface area contributed by atoms with Crippen LogP contribution in [0.3, 0.4) is 0 Å². The van der Waals surface area contributed by atoms with Gasteiger partial charge in [0, 0.05) is 24.4 Å². The minimum absolute atomic E-state index is 0.699. The van der Waals surface area contributed by atoms with Crippen molar-refractivity contribution in [3.05, 3.63) is 17.7 Å². The third kappa shape index (κ3) is 2.15. The van der Waals surface area contributed by atoms with E-state index in [0.717, 1.165) is 13.1 Å². The van der Waals surface area contributed by atoms with Crippen LogP contribution in [0.1, 0.15) is 50.0 Å². The second-order valence-electron chi connectivity index (χ2n) is 4.06. The third-order valence-electron chi connectivity index (χ3n) is 2.96. The van der Waals surface area contributed by atoms with E-state index < -0.39 is 0 Å². The van der Waals surface area contributed by atoms with E-state index in [9.17, 15) is 0 Å². The van der Waals surface area contributed by atoms with Gasteiger partial charge >= 0.3 is 0 Å². The monoisotopic (exact) mass is 193 g/mol. The van der Waals surface area contributed by atoms with E-state index in [2.05, 4.69) is 22.2 Å². The third-order valence-corrected chi connectivity index (χ3v) is 2.96. The van der Waals surface area contributed by atoms with Crippen LogP contribution in [0.25, 0.3) is 0 Å². The maximum absolute atomic E-state index is 4.46. The SMILES string of the molecule is CCNCc1cnc(C2CCCC2)[nH]1. The van der Waals surface area contributed by atoms with Crippen molar-refractivity contribution in [3.8, 4) is 0 Å². The number of imidazole rings is 1. The van der Waals surface area contributed by atoms with Crippen molar-refractivity contribution in [3.63, 3.8) is 0 Å². The Morgan fingerprint density at radius 3 is 3.00 bits per heavy atom. The standard InChI is InChI=1S/C11H19N3/c1-2-12-7-10-8-13-11(14-10)9-5-3-4-6-9/h8-9,12H,2-7H2,1H3,(H,13,14). The molecule has 0 saturated heterocycles. The Morgan fingerprint density at radius 1 is 1.50 bits per heavy atom. The minimum Gasteiger partial charge on any atom is -0.345 e. The minimum atomic E-state index is 0.699. The van der Waals surface area contributed by atoms with Crippen LogP contribution in [-0.4, -0.2) is 16.5 Å². The van der Waals surface area contributed by atoms with Crippen LogP contribution in [0.2, 0.25) is 0 Å². The first-order chi connectivity index (χ1) is 6.90. The summed E-state index contributed by atoms with van der Waals surface area (Å²) in [5.74, 6) is 1.90. The van der Waals surface area contributed by atoms with Crippen LogP contribution in [0.5, 0.6) is 0 Å². The number of H-pyrrole nitrogens is 1. The average molecular weight is 193 g/mol. The predicted octanol–water partition coefficient (Wildman–Crippen LogP) is 2.18. The first kappa shape index (κ1) is 9.71. The van der Waals surface area contributed by atoms with Gasteiger partial charge in [-0.05, 0) is 19.4 Å². The molecule has 78 valence electrons. The van der Waals surface area contributed by atoms with Crippen molar-refractivity contribution < 1.29 is 0 Å². The smallest absolute Gasteiger partial charge is 0.109 e. The van der Waals surface area contributed by atoms with Gasteiger partial charge < -0.3 is 10.3 Å². The highest BCUT2D eigenvalue weighted by Gasteiger charge is 2.19. The highest BCUT2D eigenvalue weighted by Crippen LogP contribution is 2.32. The zero-order valence-corrected chi connectivity index (χ0v) is 8.84. The molecule has 0 spiro atoms. The van der Waals surface area contributed by atoms with Gasteiger partial charge in [-0.2, -0.15) is 0 Å². The number of hydrogen-bond donors (Lipinski definition) is 2. The van der Waals surface area contributed by atoms with E-state index in [4.69, 9.17) is 0 Å². The molecule has 1 saturated carbocycles. The van der Waals surface area contributed by atoms with Crippen molar-refractivity contribution in [2.75, 3.05) is 6.54 Å². The molecule has 1 heterocycles. The Labute approximate surface area is 85.3 Å². The average Bonchev–Trinajstić information content (AvgIpc) is 2.85.